The largest absolute Gasteiger partial charge is 0.484 e. The third-order valence-corrected chi connectivity index (χ3v) is 3.99. The first-order chi connectivity index (χ1) is 13.0. The van der Waals surface area contributed by atoms with Crippen LogP contribution in [-0.2, 0) is 14.4 Å². The van der Waals surface area contributed by atoms with Crippen LogP contribution >= 0.6 is 0 Å². The fourth-order valence-electron chi connectivity index (χ4n) is 2.72. The van der Waals surface area contributed by atoms with Crippen LogP contribution < -0.4 is 10.1 Å². The van der Waals surface area contributed by atoms with Crippen molar-refractivity contribution >= 4 is 23.9 Å². The van der Waals surface area contributed by atoms with Crippen molar-refractivity contribution < 1.29 is 28.6 Å². The van der Waals surface area contributed by atoms with E-state index >= 15 is 0 Å². The van der Waals surface area contributed by atoms with Crippen LogP contribution in [0.1, 0.15) is 5.76 Å². The minimum atomic E-state index is -1.13. The van der Waals surface area contributed by atoms with Gasteiger partial charge in [-0.25, -0.2) is 0 Å². The highest BCUT2D eigenvalue weighted by Crippen LogP contribution is 2.22. The van der Waals surface area contributed by atoms with Crippen molar-refractivity contribution in [2.24, 2.45) is 0 Å². The van der Waals surface area contributed by atoms with Crippen LogP contribution in [0.4, 0.5) is 0 Å². The number of hydrogen-bond donors (Lipinski definition) is 2. The highest BCUT2D eigenvalue weighted by molar-refractivity contribution is 5.96. The number of carbonyl (C=O) groups is 3. The van der Waals surface area contributed by atoms with Gasteiger partial charge in [-0.2, -0.15) is 0 Å². The Balaban J connectivity index is 1.61. The summed E-state index contributed by atoms with van der Waals surface area (Å²) in [6.45, 7) is -0.694. The molecule has 2 atom stereocenters. The lowest BCUT2D eigenvalue weighted by molar-refractivity contribution is -0.157. The van der Waals surface area contributed by atoms with Crippen molar-refractivity contribution in [1.82, 2.24) is 10.2 Å². The molecule has 2 amide bonds. The van der Waals surface area contributed by atoms with Gasteiger partial charge in [-0.15, -0.1) is 0 Å². The van der Waals surface area contributed by atoms with Crippen LogP contribution in [0.15, 0.2) is 59.2 Å². The van der Waals surface area contributed by atoms with Crippen LogP contribution in [0.2, 0.25) is 0 Å². The molecular formula is C19H18N2O6. The number of rotatable bonds is 8. The number of para-hydroxylation sites is 1. The molecule has 1 aliphatic heterocycles. The summed E-state index contributed by atoms with van der Waals surface area (Å²) >= 11 is 0. The summed E-state index contributed by atoms with van der Waals surface area (Å²) in [5.74, 6) is -0.962. The lowest BCUT2D eigenvalue weighted by atomic mass is 9.94. The number of carbonyl (C=O) groups excluding carboxylic acids is 2. The van der Waals surface area contributed by atoms with Crippen molar-refractivity contribution in [3.63, 3.8) is 0 Å². The molecule has 1 aliphatic rings. The zero-order valence-corrected chi connectivity index (χ0v) is 14.3. The Kier molecular flexibility index (Phi) is 5.55. The molecule has 8 nitrogen and oxygen atoms in total. The quantitative estimate of drug-likeness (QED) is 0.675. The third-order valence-electron chi connectivity index (χ3n) is 3.99. The Bertz CT molecular complexity index is 831. The molecule has 1 aromatic heterocycles. The first-order valence-electron chi connectivity index (χ1n) is 8.26. The molecule has 140 valence electrons. The van der Waals surface area contributed by atoms with Gasteiger partial charge >= 0.3 is 5.97 Å². The lowest BCUT2D eigenvalue weighted by Crippen LogP contribution is -2.71. The Morgan fingerprint density at radius 1 is 1.22 bits per heavy atom. The number of benzene rings is 1. The SMILES string of the molecule is O=C(O)CN1C(=O)[C@@H](NC(=O)COc2ccccc2)[C@H]1C=Cc1ccco1. The third kappa shape index (κ3) is 4.55. The minimum absolute atomic E-state index is 0.249. The van der Waals surface area contributed by atoms with Gasteiger partial charge in [0.15, 0.2) is 6.61 Å². The van der Waals surface area contributed by atoms with Crippen molar-refractivity contribution in [2.45, 2.75) is 12.1 Å². The fourth-order valence-corrected chi connectivity index (χ4v) is 2.72. The molecule has 3 rings (SSSR count). The molecule has 0 unspecified atom stereocenters. The maximum Gasteiger partial charge on any atom is 0.323 e. The van der Waals surface area contributed by atoms with Gasteiger partial charge in [-0.3, -0.25) is 14.4 Å². The normalized spacial score (nSPS) is 19.0. The van der Waals surface area contributed by atoms with Gasteiger partial charge < -0.3 is 24.5 Å². The van der Waals surface area contributed by atoms with Crippen molar-refractivity contribution in [3.8, 4) is 5.75 Å². The monoisotopic (exact) mass is 370 g/mol. The van der Waals surface area contributed by atoms with Crippen molar-refractivity contribution in [2.75, 3.05) is 13.2 Å². The van der Waals surface area contributed by atoms with Gasteiger partial charge in [0.2, 0.25) is 5.91 Å². The molecule has 0 saturated carbocycles. The molecule has 0 bridgehead atoms. The van der Waals surface area contributed by atoms with Crippen LogP contribution in [0.5, 0.6) is 5.75 Å². The molecule has 1 fully saturated rings. The highest BCUT2D eigenvalue weighted by atomic mass is 16.5. The fraction of sp³-hybridized carbons (Fsp3) is 0.211. The summed E-state index contributed by atoms with van der Waals surface area (Å²) in [6, 6.07) is 10.8. The number of amides is 2. The number of likely N-dealkylation sites (tertiary alicyclic amines) is 1. The summed E-state index contributed by atoms with van der Waals surface area (Å²) in [4.78, 5) is 36.5. The van der Waals surface area contributed by atoms with E-state index in [1.165, 1.54) is 11.2 Å². The number of β-lactam (4-membered cyclic amide) rings is 1. The minimum Gasteiger partial charge on any atom is -0.484 e. The second-order valence-electron chi connectivity index (χ2n) is 5.87. The molecule has 1 saturated heterocycles. The van der Waals surface area contributed by atoms with E-state index in [0.717, 1.165) is 0 Å². The number of carboxylic acid groups (broad SMARTS) is 1. The summed E-state index contributed by atoms with van der Waals surface area (Å²) in [7, 11) is 0. The smallest absolute Gasteiger partial charge is 0.323 e. The van der Waals surface area contributed by atoms with Gasteiger partial charge in [0, 0.05) is 0 Å². The zero-order valence-electron chi connectivity index (χ0n) is 14.3. The topological polar surface area (TPSA) is 109 Å². The second-order valence-corrected chi connectivity index (χ2v) is 5.87. The van der Waals surface area contributed by atoms with Gasteiger partial charge in [-0.1, -0.05) is 24.3 Å². The van der Waals surface area contributed by atoms with E-state index in [1.54, 1.807) is 48.6 Å². The van der Waals surface area contributed by atoms with Crippen LogP contribution in [0.3, 0.4) is 0 Å². The average molecular weight is 370 g/mol. The number of hydrogen-bond acceptors (Lipinski definition) is 5. The molecule has 0 radical (unpaired) electrons. The van der Waals surface area contributed by atoms with E-state index in [9.17, 15) is 14.4 Å². The molecule has 8 heteroatoms. The summed E-state index contributed by atoms with van der Waals surface area (Å²) in [5, 5.41) is 11.6. The van der Waals surface area contributed by atoms with Gasteiger partial charge in [0.05, 0.1) is 12.3 Å². The van der Waals surface area contributed by atoms with Gasteiger partial charge in [0.1, 0.15) is 24.1 Å². The maximum atomic E-state index is 12.2. The van der Waals surface area contributed by atoms with E-state index in [1.807, 2.05) is 6.07 Å². The predicted octanol–water partition coefficient (Wildman–Crippen LogP) is 1.15. The first-order valence-corrected chi connectivity index (χ1v) is 8.26. The van der Waals surface area contributed by atoms with Crippen molar-refractivity contribution in [1.29, 1.82) is 0 Å². The Morgan fingerprint density at radius 3 is 2.67 bits per heavy atom. The molecule has 2 N–H and O–H groups in total. The standard InChI is InChI=1S/C19H18N2O6/c22-16(12-27-13-5-2-1-3-6-13)20-18-15(9-8-14-7-4-10-26-14)21(19(18)25)11-17(23)24/h1-10,15,18H,11-12H2,(H,20,22)(H,23,24)/t15-,18+/m1/s1. The molecule has 2 heterocycles. The number of nitrogens with zero attached hydrogens (tertiary/aromatic N) is 1. The molecular weight excluding hydrogens is 352 g/mol. The molecule has 27 heavy (non-hydrogen) atoms. The predicted molar refractivity (Wildman–Crippen MR) is 94.7 cm³/mol. The van der Waals surface area contributed by atoms with Gasteiger partial charge in [-0.05, 0) is 30.3 Å². The molecule has 1 aromatic carbocycles. The van der Waals surface area contributed by atoms with Crippen LogP contribution in [0.25, 0.3) is 6.08 Å². The van der Waals surface area contributed by atoms with Crippen LogP contribution in [-0.4, -0.2) is 53.0 Å². The molecule has 2 aromatic rings. The van der Waals surface area contributed by atoms with Crippen molar-refractivity contribution in [3.05, 3.63) is 60.6 Å². The van der Waals surface area contributed by atoms with E-state index in [4.69, 9.17) is 14.3 Å². The zero-order chi connectivity index (χ0) is 19.2. The summed E-state index contributed by atoms with van der Waals surface area (Å²) < 4.78 is 10.5. The Labute approximate surface area is 155 Å². The van der Waals surface area contributed by atoms with Gasteiger partial charge in [0.25, 0.3) is 5.91 Å². The Morgan fingerprint density at radius 2 is 2.00 bits per heavy atom. The van der Waals surface area contributed by atoms with E-state index in [-0.39, 0.29) is 6.61 Å². The van der Waals surface area contributed by atoms with E-state index < -0.39 is 36.4 Å². The number of furan rings is 1. The van der Waals surface area contributed by atoms with Crippen LogP contribution in [0, 0.1) is 0 Å². The number of ether oxygens (including phenoxy) is 1. The van der Waals surface area contributed by atoms with E-state index in [2.05, 4.69) is 5.32 Å². The maximum absolute atomic E-state index is 12.2. The highest BCUT2D eigenvalue weighted by Gasteiger charge is 2.47. The van der Waals surface area contributed by atoms with E-state index in [0.29, 0.717) is 11.5 Å². The summed E-state index contributed by atoms with van der Waals surface area (Å²) in [5.41, 5.74) is 0. The second kappa shape index (κ2) is 8.22. The molecule has 0 aliphatic carbocycles. The average Bonchev–Trinajstić information content (AvgIpc) is 3.18. The number of aliphatic carboxylic acids is 1. The first kappa shape index (κ1) is 18.2. The lowest BCUT2D eigenvalue weighted by Gasteiger charge is -2.44. The number of nitrogens with one attached hydrogen (secondary N) is 1. The Hall–Kier alpha value is -3.55. The molecule has 0 spiro atoms. The number of carboxylic acids is 1. The summed E-state index contributed by atoms with van der Waals surface area (Å²) in [6.07, 6.45) is 4.76.